The van der Waals surface area contributed by atoms with E-state index >= 15 is 0 Å². The Morgan fingerprint density at radius 3 is 2.87 bits per heavy atom. The van der Waals surface area contributed by atoms with E-state index in [0.717, 1.165) is 25.7 Å². The molecule has 3 rings (SSSR count). The number of benzene rings is 1. The Labute approximate surface area is 140 Å². The van der Waals surface area contributed by atoms with Crippen molar-refractivity contribution >= 4 is 5.91 Å². The maximum atomic E-state index is 12.4. The third-order valence-corrected chi connectivity index (χ3v) is 5.51. The lowest BCUT2D eigenvalue weighted by Gasteiger charge is -2.32. The number of nitrogens with one attached hydrogen (secondary N) is 1. The molecule has 3 heteroatoms. The number of rotatable bonds is 6. The van der Waals surface area contributed by atoms with Crippen LogP contribution in [0.3, 0.4) is 0 Å². The van der Waals surface area contributed by atoms with Crippen molar-refractivity contribution in [1.29, 1.82) is 0 Å². The van der Waals surface area contributed by atoms with Gasteiger partial charge in [0.05, 0.1) is 0 Å². The van der Waals surface area contributed by atoms with Gasteiger partial charge in [0.1, 0.15) is 0 Å². The molecule has 1 saturated carbocycles. The minimum atomic E-state index is 0.0450. The van der Waals surface area contributed by atoms with Gasteiger partial charge in [-0.3, -0.25) is 4.79 Å². The molecule has 1 aliphatic heterocycles. The molecule has 0 spiro atoms. The lowest BCUT2D eigenvalue weighted by Crippen LogP contribution is -2.40. The van der Waals surface area contributed by atoms with Crippen molar-refractivity contribution in [2.45, 2.75) is 69.9 Å². The highest BCUT2D eigenvalue weighted by atomic mass is 16.1. The van der Waals surface area contributed by atoms with Crippen molar-refractivity contribution in [2.75, 3.05) is 13.6 Å². The van der Waals surface area contributed by atoms with Crippen LogP contribution in [-0.4, -0.2) is 36.0 Å². The number of aryl methyl sites for hydroxylation is 1. The molecular formula is C20H30N2O. The summed E-state index contributed by atoms with van der Waals surface area (Å²) < 4.78 is 0. The SMILES string of the molecule is Cc1cccc(CC2(NC(=O)CCC3CCCCN3C)CC2)c1. The van der Waals surface area contributed by atoms with Crippen LogP contribution in [0.5, 0.6) is 0 Å². The second-order valence-corrected chi connectivity index (χ2v) is 7.66. The molecule has 0 aromatic heterocycles. The summed E-state index contributed by atoms with van der Waals surface area (Å²) in [5.74, 6) is 0.245. The Kier molecular flexibility index (Phi) is 5.05. The van der Waals surface area contributed by atoms with Gasteiger partial charge in [-0.05, 0) is 64.6 Å². The van der Waals surface area contributed by atoms with Crippen molar-refractivity contribution in [2.24, 2.45) is 0 Å². The number of hydrogen-bond acceptors (Lipinski definition) is 2. The van der Waals surface area contributed by atoms with Gasteiger partial charge in [0.2, 0.25) is 5.91 Å². The number of likely N-dealkylation sites (tertiary alicyclic amines) is 1. The first kappa shape index (κ1) is 16.5. The first-order chi connectivity index (χ1) is 11.1. The van der Waals surface area contributed by atoms with Crippen molar-refractivity contribution in [3.05, 3.63) is 35.4 Å². The number of nitrogens with zero attached hydrogens (tertiary/aromatic N) is 1. The van der Waals surface area contributed by atoms with Gasteiger partial charge in [-0.1, -0.05) is 36.2 Å². The van der Waals surface area contributed by atoms with E-state index in [1.165, 1.54) is 36.9 Å². The minimum absolute atomic E-state index is 0.0450. The number of carbonyl (C=O) groups is 1. The predicted molar refractivity (Wildman–Crippen MR) is 94.5 cm³/mol. The summed E-state index contributed by atoms with van der Waals surface area (Å²) in [7, 11) is 2.20. The van der Waals surface area contributed by atoms with E-state index in [4.69, 9.17) is 0 Å². The smallest absolute Gasteiger partial charge is 0.220 e. The van der Waals surface area contributed by atoms with Gasteiger partial charge < -0.3 is 10.2 Å². The molecule has 0 radical (unpaired) electrons. The van der Waals surface area contributed by atoms with Gasteiger partial charge in [-0.25, -0.2) is 0 Å². The van der Waals surface area contributed by atoms with Crippen LogP contribution in [0, 0.1) is 6.92 Å². The fourth-order valence-electron chi connectivity index (χ4n) is 3.87. The van der Waals surface area contributed by atoms with Crippen LogP contribution in [0.15, 0.2) is 24.3 Å². The van der Waals surface area contributed by atoms with Gasteiger partial charge in [0.15, 0.2) is 0 Å². The molecule has 2 fully saturated rings. The third-order valence-electron chi connectivity index (χ3n) is 5.51. The highest BCUT2D eigenvalue weighted by Crippen LogP contribution is 2.39. The molecule has 1 aromatic carbocycles. The van der Waals surface area contributed by atoms with Crippen LogP contribution in [0.1, 0.15) is 56.1 Å². The second kappa shape index (κ2) is 7.04. The summed E-state index contributed by atoms with van der Waals surface area (Å²) in [6.07, 6.45) is 8.76. The van der Waals surface area contributed by atoms with E-state index in [1.807, 2.05) is 0 Å². The van der Waals surface area contributed by atoms with Gasteiger partial charge in [0, 0.05) is 18.0 Å². The molecule has 1 unspecified atom stereocenters. The average molecular weight is 314 g/mol. The highest BCUT2D eigenvalue weighted by Gasteiger charge is 2.43. The van der Waals surface area contributed by atoms with Crippen LogP contribution in [0.4, 0.5) is 0 Å². The fourth-order valence-corrected chi connectivity index (χ4v) is 3.87. The van der Waals surface area contributed by atoms with Gasteiger partial charge in [-0.2, -0.15) is 0 Å². The molecule has 1 atom stereocenters. The van der Waals surface area contributed by atoms with Gasteiger partial charge >= 0.3 is 0 Å². The predicted octanol–water partition coefficient (Wildman–Crippen LogP) is 3.45. The summed E-state index contributed by atoms with van der Waals surface area (Å²) in [6, 6.07) is 9.25. The Morgan fingerprint density at radius 2 is 2.17 bits per heavy atom. The number of amides is 1. The molecule has 1 aliphatic carbocycles. The monoisotopic (exact) mass is 314 g/mol. The van der Waals surface area contributed by atoms with Crippen LogP contribution in [0.2, 0.25) is 0 Å². The molecule has 126 valence electrons. The third kappa shape index (κ3) is 4.57. The lowest BCUT2D eigenvalue weighted by molar-refractivity contribution is -0.122. The first-order valence-electron chi connectivity index (χ1n) is 9.13. The number of carbonyl (C=O) groups excluding carboxylic acids is 1. The lowest BCUT2D eigenvalue weighted by atomic mass is 9.98. The Bertz CT molecular complexity index is 550. The van der Waals surface area contributed by atoms with Crippen LogP contribution in [-0.2, 0) is 11.2 Å². The summed E-state index contributed by atoms with van der Waals surface area (Å²) in [6.45, 7) is 3.31. The van der Waals surface area contributed by atoms with E-state index in [-0.39, 0.29) is 11.4 Å². The highest BCUT2D eigenvalue weighted by molar-refractivity contribution is 5.77. The molecule has 0 bridgehead atoms. The summed E-state index contributed by atoms with van der Waals surface area (Å²) in [5, 5.41) is 3.33. The molecule has 2 aliphatic rings. The normalized spacial score (nSPS) is 23.5. The van der Waals surface area contributed by atoms with Crippen LogP contribution < -0.4 is 5.32 Å². The Balaban J connectivity index is 1.47. The summed E-state index contributed by atoms with van der Waals surface area (Å²) in [4.78, 5) is 14.8. The number of piperidine rings is 1. The molecule has 1 heterocycles. The van der Waals surface area contributed by atoms with Crippen LogP contribution in [0.25, 0.3) is 0 Å². The fraction of sp³-hybridized carbons (Fsp3) is 0.650. The zero-order valence-electron chi connectivity index (χ0n) is 14.6. The molecule has 3 nitrogen and oxygen atoms in total. The minimum Gasteiger partial charge on any atom is -0.350 e. The molecule has 1 N–H and O–H groups in total. The van der Waals surface area contributed by atoms with E-state index in [0.29, 0.717) is 12.5 Å². The largest absolute Gasteiger partial charge is 0.350 e. The summed E-state index contributed by atoms with van der Waals surface area (Å²) in [5.41, 5.74) is 2.68. The second-order valence-electron chi connectivity index (χ2n) is 7.66. The van der Waals surface area contributed by atoms with E-state index in [1.54, 1.807) is 0 Å². The van der Waals surface area contributed by atoms with E-state index < -0.39 is 0 Å². The maximum Gasteiger partial charge on any atom is 0.220 e. The van der Waals surface area contributed by atoms with Gasteiger partial charge in [0.25, 0.3) is 0 Å². The maximum absolute atomic E-state index is 12.4. The van der Waals surface area contributed by atoms with Crippen molar-refractivity contribution in [3.8, 4) is 0 Å². The summed E-state index contributed by atoms with van der Waals surface area (Å²) >= 11 is 0. The standard InChI is InChI=1S/C20H30N2O/c1-16-6-5-7-17(14-16)15-20(11-12-20)21-19(23)10-9-18-8-3-4-13-22(18)2/h5-7,14,18H,3-4,8-13,15H2,1-2H3,(H,21,23). The zero-order chi connectivity index (χ0) is 16.3. The van der Waals surface area contributed by atoms with E-state index in [9.17, 15) is 4.79 Å². The van der Waals surface area contributed by atoms with Crippen molar-refractivity contribution < 1.29 is 4.79 Å². The first-order valence-corrected chi connectivity index (χ1v) is 9.13. The van der Waals surface area contributed by atoms with Crippen LogP contribution >= 0.6 is 0 Å². The Morgan fingerprint density at radius 1 is 1.35 bits per heavy atom. The Hall–Kier alpha value is -1.35. The van der Waals surface area contributed by atoms with Crippen molar-refractivity contribution in [3.63, 3.8) is 0 Å². The number of hydrogen-bond donors (Lipinski definition) is 1. The molecule has 1 saturated heterocycles. The van der Waals surface area contributed by atoms with Gasteiger partial charge in [-0.15, -0.1) is 0 Å². The molecular weight excluding hydrogens is 284 g/mol. The molecule has 1 amide bonds. The average Bonchev–Trinajstić information content (AvgIpc) is 3.25. The molecule has 23 heavy (non-hydrogen) atoms. The topological polar surface area (TPSA) is 32.3 Å². The van der Waals surface area contributed by atoms with Crippen molar-refractivity contribution in [1.82, 2.24) is 10.2 Å². The zero-order valence-corrected chi connectivity index (χ0v) is 14.6. The molecule has 1 aromatic rings. The quantitative estimate of drug-likeness (QED) is 0.872. The van der Waals surface area contributed by atoms with E-state index in [2.05, 4.69) is 48.5 Å².